The van der Waals surface area contributed by atoms with Crippen molar-refractivity contribution in [1.29, 1.82) is 0 Å². The highest BCUT2D eigenvalue weighted by molar-refractivity contribution is 8.14. The molecule has 16 heavy (non-hydrogen) atoms. The Kier molecular flexibility index (Phi) is 7.30. The lowest BCUT2D eigenvalue weighted by molar-refractivity contribution is -0.119. The summed E-state index contributed by atoms with van der Waals surface area (Å²) in [4.78, 5) is 15.7. The maximum absolute atomic E-state index is 11.5. The van der Waals surface area contributed by atoms with Crippen LogP contribution in [-0.2, 0) is 4.79 Å². The van der Waals surface area contributed by atoms with Crippen LogP contribution in [0.2, 0.25) is 0 Å². The summed E-state index contributed by atoms with van der Waals surface area (Å²) in [5.74, 6) is 1.13. The Morgan fingerprint density at radius 1 is 1.31 bits per heavy atom. The van der Waals surface area contributed by atoms with E-state index in [9.17, 15) is 4.79 Å². The molecule has 1 aliphatic rings. The van der Waals surface area contributed by atoms with Crippen LogP contribution in [0, 0.1) is 0 Å². The van der Waals surface area contributed by atoms with Gasteiger partial charge in [-0.2, -0.15) is 0 Å². The largest absolute Gasteiger partial charge is 0.305 e. The van der Waals surface area contributed by atoms with Crippen LogP contribution in [0.1, 0.15) is 51.9 Å². The van der Waals surface area contributed by atoms with Gasteiger partial charge in [0.05, 0.1) is 6.54 Å². The van der Waals surface area contributed by atoms with Gasteiger partial charge in [0.15, 0.2) is 5.17 Å². The van der Waals surface area contributed by atoms with Crippen LogP contribution in [0.15, 0.2) is 4.99 Å². The normalized spacial score (nSPS) is 14.9. The zero-order valence-corrected chi connectivity index (χ0v) is 10.9. The minimum absolute atomic E-state index is 0.128. The molecule has 0 aromatic carbocycles. The highest BCUT2D eigenvalue weighted by Crippen LogP contribution is 2.10. The molecule has 0 spiro atoms. The summed E-state index contributed by atoms with van der Waals surface area (Å²) in [5.41, 5.74) is 0. The van der Waals surface area contributed by atoms with E-state index in [2.05, 4.69) is 17.2 Å². The van der Waals surface area contributed by atoms with Gasteiger partial charge in [0, 0.05) is 12.2 Å². The molecule has 0 atom stereocenters. The van der Waals surface area contributed by atoms with Crippen molar-refractivity contribution in [2.45, 2.75) is 51.9 Å². The van der Waals surface area contributed by atoms with Gasteiger partial charge in [-0.1, -0.05) is 50.8 Å². The van der Waals surface area contributed by atoms with Crippen molar-refractivity contribution in [1.82, 2.24) is 5.32 Å². The average Bonchev–Trinajstić information content (AvgIpc) is 2.76. The van der Waals surface area contributed by atoms with Crippen molar-refractivity contribution in [3.63, 3.8) is 0 Å². The van der Waals surface area contributed by atoms with E-state index in [1.165, 1.54) is 32.1 Å². The Hall–Kier alpha value is -0.510. The number of amidine groups is 1. The fourth-order valence-electron chi connectivity index (χ4n) is 1.66. The van der Waals surface area contributed by atoms with Crippen molar-refractivity contribution in [2.75, 3.05) is 12.3 Å². The van der Waals surface area contributed by atoms with Crippen molar-refractivity contribution >= 4 is 22.8 Å². The maximum Gasteiger partial charge on any atom is 0.225 e. The van der Waals surface area contributed by atoms with Crippen LogP contribution < -0.4 is 5.32 Å². The monoisotopic (exact) mass is 242 g/mol. The van der Waals surface area contributed by atoms with Gasteiger partial charge in [0.25, 0.3) is 0 Å². The molecule has 1 rings (SSSR count). The molecule has 0 saturated heterocycles. The number of nitrogens with one attached hydrogen (secondary N) is 1. The van der Waals surface area contributed by atoms with Gasteiger partial charge >= 0.3 is 0 Å². The molecule has 1 heterocycles. The fraction of sp³-hybridized carbons (Fsp3) is 0.833. The first-order chi connectivity index (χ1) is 7.83. The number of hydrogen-bond donors (Lipinski definition) is 1. The van der Waals surface area contributed by atoms with Crippen molar-refractivity contribution in [3.05, 3.63) is 0 Å². The summed E-state index contributed by atoms with van der Waals surface area (Å²) in [5, 5.41) is 3.67. The van der Waals surface area contributed by atoms with Gasteiger partial charge in [0.2, 0.25) is 5.91 Å². The first-order valence-corrected chi connectivity index (χ1v) is 7.28. The summed E-state index contributed by atoms with van der Waals surface area (Å²) in [6, 6.07) is 0. The van der Waals surface area contributed by atoms with Gasteiger partial charge in [-0.15, -0.1) is 0 Å². The van der Waals surface area contributed by atoms with E-state index < -0.39 is 0 Å². The lowest BCUT2D eigenvalue weighted by atomic mass is 10.1. The van der Waals surface area contributed by atoms with E-state index in [-0.39, 0.29) is 5.91 Å². The molecule has 0 saturated carbocycles. The SMILES string of the molecule is CCCCCCCCC(=O)NC1=NCCS1. The second-order valence-electron chi connectivity index (χ2n) is 4.10. The maximum atomic E-state index is 11.5. The first kappa shape index (κ1) is 13.6. The Bertz CT molecular complexity index is 241. The molecule has 3 nitrogen and oxygen atoms in total. The summed E-state index contributed by atoms with van der Waals surface area (Å²) < 4.78 is 0. The Labute approximate surface area is 102 Å². The molecule has 1 amide bonds. The molecule has 0 unspecified atom stereocenters. The number of rotatable bonds is 7. The molecule has 1 aliphatic heterocycles. The van der Waals surface area contributed by atoms with E-state index in [0.29, 0.717) is 6.42 Å². The number of aliphatic imine (C=N–C) groups is 1. The first-order valence-electron chi connectivity index (χ1n) is 6.30. The highest BCUT2D eigenvalue weighted by Gasteiger charge is 2.09. The van der Waals surface area contributed by atoms with Crippen LogP contribution >= 0.6 is 11.8 Å². The van der Waals surface area contributed by atoms with E-state index >= 15 is 0 Å². The van der Waals surface area contributed by atoms with E-state index in [1.807, 2.05) is 0 Å². The predicted molar refractivity (Wildman–Crippen MR) is 70.9 cm³/mol. The van der Waals surface area contributed by atoms with Crippen molar-refractivity contribution in [3.8, 4) is 0 Å². The molecule has 0 aromatic rings. The molecule has 4 heteroatoms. The minimum atomic E-state index is 0.128. The molecule has 1 N–H and O–H groups in total. The average molecular weight is 242 g/mol. The molecule has 0 aromatic heterocycles. The minimum Gasteiger partial charge on any atom is -0.305 e. The van der Waals surface area contributed by atoms with Gasteiger partial charge < -0.3 is 5.32 Å². The molecule has 0 radical (unpaired) electrons. The Morgan fingerprint density at radius 2 is 2.06 bits per heavy atom. The summed E-state index contributed by atoms with van der Waals surface area (Å²) >= 11 is 1.64. The third kappa shape index (κ3) is 6.16. The number of nitrogens with zero attached hydrogens (tertiary/aromatic N) is 1. The summed E-state index contributed by atoms with van der Waals surface area (Å²) in [6.45, 7) is 3.06. The lowest BCUT2D eigenvalue weighted by Gasteiger charge is -2.03. The second kappa shape index (κ2) is 8.62. The molecule has 92 valence electrons. The van der Waals surface area contributed by atoms with Gasteiger partial charge in [0.1, 0.15) is 0 Å². The second-order valence-corrected chi connectivity index (χ2v) is 5.18. The topological polar surface area (TPSA) is 41.5 Å². The number of hydrogen-bond acceptors (Lipinski definition) is 3. The standard InChI is InChI=1S/C12H22N2OS/c1-2-3-4-5-6-7-8-11(15)14-12-13-9-10-16-12/h2-10H2,1H3,(H,13,14,15). The molecule has 0 bridgehead atoms. The van der Waals surface area contributed by atoms with Gasteiger partial charge in [-0.3, -0.25) is 9.79 Å². The molecule has 0 aliphatic carbocycles. The van der Waals surface area contributed by atoms with Crippen LogP contribution in [0.4, 0.5) is 0 Å². The van der Waals surface area contributed by atoms with Crippen LogP contribution in [0.25, 0.3) is 0 Å². The van der Waals surface area contributed by atoms with E-state index in [1.54, 1.807) is 11.8 Å². The highest BCUT2D eigenvalue weighted by atomic mass is 32.2. The summed E-state index contributed by atoms with van der Waals surface area (Å²) in [7, 11) is 0. The van der Waals surface area contributed by atoms with Gasteiger partial charge in [-0.05, 0) is 6.42 Å². The molecular formula is C12H22N2OS. The Balaban J connectivity index is 1.94. The van der Waals surface area contributed by atoms with E-state index in [4.69, 9.17) is 0 Å². The number of unbranched alkanes of at least 4 members (excludes halogenated alkanes) is 5. The third-order valence-corrected chi connectivity index (χ3v) is 3.48. The molecular weight excluding hydrogens is 220 g/mol. The number of carbonyl (C=O) groups is 1. The van der Waals surface area contributed by atoms with Crippen LogP contribution in [0.3, 0.4) is 0 Å². The lowest BCUT2D eigenvalue weighted by Crippen LogP contribution is -2.26. The van der Waals surface area contributed by atoms with Crippen molar-refractivity contribution in [2.24, 2.45) is 4.99 Å². The van der Waals surface area contributed by atoms with Crippen LogP contribution in [0.5, 0.6) is 0 Å². The predicted octanol–water partition coefficient (Wildman–Crippen LogP) is 2.96. The van der Waals surface area contributed by atoms with E-state index in [0.717, 1.165) is 23.9 Å². The molecule has 0 fully saturated rings. The third-order valence-electron chi connectivity index (χ3n) is 2.59. The number of amides is 1. The zero-order chi connectivity index (χ0) is 11.6. The van der Waals surface area contributed by atoms with Crippen molar-refractivity contribution < 1.29 is 4.79 Å². The van der Waals surface area contributed by atoms with Crippen LogP contribution in [-0.4, -0.2) is 23.4 Å². The zero-order valence-electron chi connectivity index (χ0n) is 10.1. The number of thioether (sulfide) groups is 1. The van der Waals surface area contributed by atoms with Gasteiger partial charge in [-0.25, -0.2) is 0 Å². The smallest absolute Gasteiger partial charge is 0.225 e. The number of carbonyl (C=O) groups excluding carboxylic acids is 1. The summed E-state index contributed by atoms with van der Waals surface area (Å²) in [6.07, 6.45) is 7.99. The quantitative estimate of drug-likeness (QED) is 0.697. The Morgan fingerprint density at radius 3 is 2.75 bits per heavy atom. The fourth-order valence-corrected chi connectivity index (χ4v) is 2.40.